The van der Waals surface area contributed by atoms with Crippen LogP contribution in [0.4, 0.5) is 0 Å². The molecule has 0 radical (unpaired) electrons. The first kappa shape index (κ1) is 19.1. The Morgan fingerprint density at radius 2 is 1.74 bits per heavy atom. The monoisotopic (exact) mass is 399 g/mol. The van der Waals surface area contributed by atoms with Crippen molar-refractivity contribution in [2.75, 3.05) is 6.54 Å². The van der Waals surface area contributed by atoms with Crippen LogP contribution in [-0.2, 0) is 16.0 Å². The van der Waals surface area contributed by atoms with Gasteiger partial charge in [0.25, 0.3) is 5.91 Å². The fourth-order valence-corrected chi connectivity index (χ4v) is 3.27. The molecule has 0 aliphatic heterocycles. The summed E-state index contributed by atoms with van der Waals surface area (Å²) in [5, 5.41) is 5.18. The maximum Gasteiger partial charge on any atom is 0.349 e. The second kappa shape index (κ2) is 9.35. The van der Waals surface area contributed by atoms with Crippen LogP contribution in [-0.4, -0.2) is 18.4 Å². The molecule has 3 rings (SSSR count). The summed E-state index contributed by atoms with van der Waals surface area (Å²) in [4.78, 5) is 25.5. The number of rotatable bonds is 7. The Bertz CT molecular complexity index is 880. The van der Waals surface area contributed by atoms with E-state index in [0.717, 1.165) is 5.56 Å². The summed E-state index contributed by atoms with van der Waals surface area (Å²) >= 11 is 7.20. The Hall–Kier alpha value is -2.63. The molecule has 1 atom stereocenters. The number of esters is 1. The predicted octanol–water partition coefficient (Wildman–Crippen LogP) is 4.66. The van der Waals surface area contributed by atoms with E-state index in [1.54, 1.807) is 41.8 Å². The third kappa shape index (κ3) is 5.42. The molecule has 0 unspecified atom stereocenters. The van der Waals surface area contributed by atoms with Crippen LogP contribution in [0.3, 0.4) is 0 Å². The number of halogens is 1. The summed E-state index contributed by atoms with van der Waals surface area (Å²) in [6, 6.07) is 20.0. The van der Waals surface area contributed by atoms with Crippen LogP contribution in [0.15, 0.2) is 72.1 Å². The molecule has 0 bridgehead atoms. The average molecular weight is 400 g/mol. The molecule has 0 spiro atoms. The fourth-order valence-electron chi connectivity index (χ4n) is 2.54. The van der Waals surface area contributed by atoms with Crippen molar-refractivity contribution < 1.29 is 14.3 Å². The van der Waals surface area contributed by atoms with Crippen molar-refractivity contribution in [3.05, 3.63) is 93.1 Å². The number of hydrogen-bond acceptors (Lipinski definition) is 4. The maximum atomic E-state index is 12.7. The van der Waals surface area contributed by atoms with Gasteiger partial charge in [0.05, 0.1) is 0 Å². The minimum absolute atomic E-state index is 0.363. The lowest BCUT2D eigenvalue weighted by atomic mass is 10.1. The zero-order valence-electron chi connectivity index (χ0n) is 14.4. The van der Waals surface area contributed by atoms with Gasteiger partial charge in [0.2, 0.25) is 6.10 Å². The van der Waals surface area contributed by atoms with Crippen LogP contribution in [0.5, 0.6) is 0 Å². The van der Waals surface area contributed by atoms with Crippen molar-refractivity contribution in [1.29, 1.82) is 0 Å². The molecule has 1 amide bonds. The van der Waals surface area contributed by atoms with Crippen molar-refractivity contribution in [3.63, 3.8) is 0 Å². The number of hydrogen-bond donors (Lipinski definition) is 1. The summed E-state index contributed by atoms with van der Waals surface area (Å²) in [5.41, 5.74) is 1.69. The molecule has 0 aliphatic carbocycles. The molecule has 1 heterocycles. The molecule has 1 aromatic heterocycles. The van der Waals surface area contributed by atoms with Gasteiger partial charge in [-0.3, -0.25) is 4.79 Å². The van der Waals surface area contributed by atoms with Crippen LogP contribution in [0.25, 0.3) is 0 Å². The van der Waals surface area contributed by atoms with Gasteiger partial charge in [0.1, 0.15) is 4.88 Å². The SMILES string of the molecule is O=C(O[C@@H](C(=O)NCCc1ccccc1)c1ccc(Cl)cc1)c1cccs1. The molecule has 27 heavy (non-hydrogen) atoms. The highest BCUT2D eigenvalue weighted by Gasteiger charge is 2.25. The highest BCUT2D eigenvalue weighted by molar-refractivity contribution is 7.11. The number of amides is 1. The number of ether oxygens (including phenoxy) is 1. The van der Waals surface area contributed by atoms with E-state index in [0.29, 0.717) is 28.4 Å². The number of nitrogens with one attached hydrogen (secondary N) is 1. The second-order valence-corrected chi connectivity index (χ2v) is 7.22. The summed E-state index contributed by atoms with van der Waals surface area (Å²) in [6.07, 6.45) is -0.341. The summed E-state index contributed by atoms with van der Waals surface area (Å²) in [7, 11) is 0. The lowest BCUT2D eigenvalue weighted by molar-refractivity contribution is -0.130. The molecule has 2 aromatic carbocycles. The van der Waals surface area contributed by atoms with Gasteiger partial charge in [-0.1, -0.05) is 60.1 Å². The van der Waals surface area contributed by atoms with Gasteiger partial charge in [-0.05, 0) is 35.6 Å². The first-order valence-corrected chi connectivity index (χ1v) is 9.71. The lowest BCUT2D eigenvalue weighted by Crippen LogP contribution is -2.33. The molecule has 4 nitrogen and oxygen atoms in total. The summed E-state index contributed by atoms with van der Waals surface area (Å²) < 4.78 is 5.50. The van der Waals surface area contributed by atoms with E-state index >= 15 is 0 Å². The molecule has 6 heteroatoms. The Morgan fingerprint density at radius 1 is 1.00 bits per heavy atom. The molecular weight excluding hydrogens is 382 g/mol. The van der Waals surface area contributed by atoms with Crippen LogP contribution >= 0.6 is 22.9 Å². The zero-order valence-corrected chi connectivity index (χ0v) is 16.0. The number of thiophene rings is 1. The summed E-state index contributed by atoms with van der Waals surface area (Å²) in [5.74, 6) is -0.888. The van der Waals surface area contributed by atoms with Crippen LogP contribution < -0.4 is 5.32 Å². The Labute approximate surface area is 166 Å². The van der Waals surface area contributed by atoms with Gasteiger partial charge >= 0.3 is 5.97 Å². The normalized spacial score (nSPS) is 11.6. The molecule has 0 fully saturated rings. The predicted molar refractivity (Wildman–Crippen MR) is 107 cm³/mol. The van der Waals surface area contributed by atoms with Gasteiger partial charge in [0.15, 0.2) is 0 Å². The van der Waals surface area contributed by atoms with E-state index in [4.69, 9.17) is 16.3 Å². The minimum Gasteiger partial charge on any atom is -0.443 e. The third-order valence-electron chi connectivity index (χ3n) is 3.91. The van der Waals surface area contributed by atoms with E-state index in [1.807, 2.05) is 30.3 Å². The van der Waals surface area contributed by atoms with Crippen molar-refractivity contribution in [2.45, 2.75) is 12.5 Å². The first-order valence-electron chi connectivity index (χ1n) is 8.45. The van der Waals surface area contributed by atoms with Crippen molar-refractivity contribution in [1.82, 2.24) is 5.32 Å². The Balaban J connectivity index is 1.69. The molecule has 0 saturated heterocycles. The molecule has 138 valence electrons. The maximum absolute atomic E-state index is 12.7. The van der Waals surface area contributed by atoms with Crippen LogP contribution in [0.2, 0.25) is 5.02 Å². The van der Waals surface area contributed by atoms with Crippen LogP contribution in [0.1, 0.15) is 26.9 Å². The van der Waals surface area contributed by atoms with Gasteiger partial charge < -0.3 is 10.1 Å². The van der Waals surface area contributed by atoms with Gasteiger partial charge in [-0.15, -0.1) is 11.3 Å². The van der Waals surface area contributed by atoms with E-state index in [2.05, 4.69) is 5.32 Å². The average Bonchev–Trinajstić information content (AvgIpc) is 3.22. The first-order chi connectivity index (χ1) is 13.1. The van der Waals surface area contributed by atoms with Crippen molar-refractivity contribution in [3.8, 4) is 0 Å². The molecular formula is C21H18ClNO3S. The Kier molecular flexibility index (Phi) is 6.63. The molecule has 3 aromatic rings. The standard InChI is InChI=1S/C21H18ClNO3S/c22-17-10-8-16(9-11-17)19(26-21(25)18-7-4-14-27-18)20(24)23-13-12-15-5-2-1-3-6-15/h1-11,14,19H,12-13H2,(H,23,24)/t19-/m1/s1. The van der Waals surface area contributed by atoms with E-state index < -0.39 is 12.1 Å². The van der Waals surface area contributed by atoms with Gasteiger partial charge in [-0.2, -0.15) is 0 Å². The topological polar surface area (TPSA) is 55.4 Å². The van der Waals surface area contributed by atoms with Crippen molar-refractivity contribution >= 4 is 34.8 Å². The largest absolute Gasteiger partial charge is 0.443 e. The number of carbonyl (C=O) groups is 2. The number of carbonyl (C=O) groups excluding carboxylic acids is 2. The number of benzene rings is 2. The highest BCUT2D eigenvalue weighted by Crippen LogP contribution is 2.23. The molecule has 0 saturated carbocycles. The lowest BCUT2D eigenvalue weighted by Gasteiger charge is -2.18. The van der Waals surface area contributed by atoms with Gasteiger partial charge in [-0.25, -0.2) is 4.79 Å². The fraction of sp³-hybridized carbons (Fsp3) is 0.143. The van der Waals surface area contributed by atoms with E-state index in [9.17, 15) is 9.59 Å². The minimum atomic E-state index is -1.03. The quantitative estimate of drug-likeness (QED) is 0.588. The van der Waals surface area contributed by atoms with Crippen molar-refractivity contribution in [2.24, 2.45) is 0 Å². The molecule has 1 N–H and O–H groups in total. The van der Waals surface area contributed by atoms with E-state index in [1.165, 1.54) is 11.3 Å². The third-order valence-corrected chi connectivity index (χ3v) is 5.02. The zero-order chi connectivity index (χ0) is 19.1. The summed E-state index contributed by atoms with van der Waals surface area (Å²) in [6.45, 7) is 0.448. The molecule has 0 aliphatic rings. The Morgan fingerprint density at radius 3 is 2.41 bits per heavy atom. The smallest absolute Gasteiger partial charge is 0.349 e. The highest BCUT2D eigenvalue weighted by atomic mass is 35.5. The second-order valence-electron chi connectivity index (χ2n) is 5.84. The van der Waals surface area contributed by atoms with E-state index in [-0.39, 0.29) is 5.91 Å². The van der Waals surface area contributed by atoms with Gasteiger partial charge in [0, 0.05) is 17.1 Å². The van der Waals surface area contributed by atoms with Crippen LogP contribution in [0, 0.1) is 0 Å².